The third-order valence-corrected chi connectivity index (χ3v) is 4.83. The van der Waals surface area contributed by atoms with Gasteiger partial charge in [-0.3, -0.25) is 0 Å². The van der Waals surface area contributed by atoms with E-state index in [1.54, 1.807) is 0 Å². The Morgan fingerprint density at radius 2 is 2.04 bits per heavy atom. The van der Waals surface area contributed by atoms with Gasteiger partial charge in [0.05, 0.1) is 6.61 Å². The van der Waals surface area contributed by atoms with E-state index in [9.17, 15) is 4.79 Å². The van der Waals surface area contributed by atoms with E-state index >= 15 is 0 Å². The summed E-state index contributed by atoms with van der Waals surface area (Å²) in [5.74, 6) is 0.377. The first kappa shape index (κ1) is 16.4. The molecule has 1 aromatic carbocycles. The van der Waals surface area contributed by atoms with Gasteiger partial charge in [-0.25, -0.2) is 4.79 Å². The van der Waals surface area contributed by atoms with Gasteiger partial charge in [0, 0.05) is 40.7 Å². The number of fused-ring (bicyclic) bond motifs is 1. The van der Waals surface area contributed by atoms with Crippen molar-refractivity contribution in [2.45, 2.75) is 32.7 Å². The van der Waals surface area contributed by atoms with Crippen LogP contribution in [0, 0.1) is 5.92 Å². The average molecular weight is 379 g/mol. The summed E-state index contributed by atoms with van der Waals surface area (Å²) in [6.07, 6.45) is 3.93. The fourth-order valence-corrected chi connectivity index (χ4v) is 3.49. The molecule has 124 valence electrons. The predicted molar refractivity (Wildman–Crippen MR) is 95.7 cm³/mol. The number of carbonyl (C=O) groups excluding carboxylic acids is 1. The standard InChI is InChI=1S/C18H23BrN2O2/c1-13(2)12-23-18(22)20-8-6-16(7-9-20)21-10-5-14-11-15(19)3-4-17(14)21/h3-5,10-11,13,16H,6-9,12H2,1-2H3. The number of ether oxygens (including phenoxy) is 1. The first-order valence-corrected chi connectivity index (χ1v) is 9.01. The predicted octanol–water partition coefficient (Wildman–Crippen LogP) is 4.83. The van der Waals surface area contributed by atoms with Gasteiger partial charge in [-0.05, 0) is 43.0 Å². The molecular weight excluding hydrogens is 356 g/mol. The Kier molecular flexibility index (Phi) is 4.95. The third-order valence-electron chi connectivity index (χ3n) is 4.34. The molecule has 0 atom stereocenters. The fraction of sp³-hybridized carbons (Fsp3) is 0.500. The lowest BCUT2D eigenvalue weighted by Gasteiger charge is -2.32. The van der Waals surface area contributed by atoms with E-state index in [0.29, 0.717) is 18.6 Å². The molecule has 0 bridgehead atoms. The molecule has 0 unspecified atom stereocenters. The molecule has 2 aromatic rings. The van der Waals surface area contributed by atoms with Gasteiger partial charge in [0.2, 0.25) is 0 Å². The maximum absolute atomic E-state index is 12.0. The van der Waals surface area contributed by atoms with Crippen LogP contribution in [0.2, 0.25) is 0 Å². The number of hydrogen-bond donors (Lipinski definition) is 0. The van der Waals surface area contributed by atoms with Gasteiger partial charge in [0.1, 0.15) is 0 Å². The molecule has 0 saturated carbocycles. The first-order valence-electron chi connectivity index (χ1n) is 8.22. The van der Waals surface area contributed by atoms with Crippen molar-refractivity contribution in [3.05, 3.63) is 34.9 Å². The lowest BCUT2D eigenvalue weighted by atomic mass is 10.1. The summed E-state index contributed by atoms with van der Waals surface area (Å²) in [5.41, 5.74) is 1.26. The van der Waals surface area contributed by atoms with Crippen molar-refractivity contribution in [2.24, 2.45) is 5.92 Å². The molecule has 1 saturated heterocycles. The first-order chi connectivity index (χ1) is 11.0. The minimum Gasteiger partial charge on any atom is -0.449 e. The number of rotatable bonds is 3. The maximum Gasteiger partial charge on any atom is 0.409 e. The zero-order valence-corrected chi connectivity index (χ0v) is 15.3. The van der Waals surface area contributed by atoms with E-state index in [1.165, 1.54) is 10.9 Å². The molecule has 1 aliphatic heterocycles. The summed E-state index contributed by atoms with van der Waals surface area (Å²) < 4.78 is 8.78. The van der Waals surface area contributed by atoms with Crippen LogP contribution >= 0.6 is 15.9 Å². The number of aromatic nitrogens is 1. The Bertz CT molecular complexity index is 687. The van der Waals surface area contributed by atoms with Crippen molar-refractivity contribution < 1.29 is 9.53 Å². The minimum absolute atomic E-state index is 0.168. The molecule has 0 spiro atoms. The monoisotopic (exact) mass is 378 g/mol. The quantitative estimate of drug-likeness (QED) is 0.765. The molecule has 1 fully saturated rings. The summed E-state index contributed by atoms with van der Waals surface area (Å²) in [6.45, 7) is 6.12. The topological polar surface area (TPSA) is 34.5 Å². The smallest absolute Gasteiger partial charge is 0.409 e. The Labute approximate surface area is 145 Å². The van der Waals surface area contributed by atoms with E-state index in [2.05, 4.69) is 64.8 Å². The molecule has 23 heavy (non-hydrogen) atoms. The van der Waals surface area contributed by atoms with Crippen LogP contribution in [0.1, 0.15) is 32.7 Å². The highest BCUT2D eigenvalue weighted by Crippen LogP contribution is 2.29. The Balaban J connectivity index is 1.63. The van der Waals surface area contributed by atoms with Crippen molar-refractivity contribution in [1.29, 1.82) is 0 Å². The molecule has 0 radical (unpaired) electrons. The van der Waals surface area contributed by atoms with Gasteiger partial charge in [-0.1, -0.05) is 29.8 Å². The molecule has 5 heteroatoms. The normalized spacial score (nSPS) is 16.3. The van der Waals surface area contributed by atoms with Gasteiger partial charge in [0.15, 0.2) is 0 Å². The van der Waals surface area contributed by atoms with Crippen LogP contribution in [0.5, 0.6) is 0 Å². The summed E-state index contributed by atoms with van der Waals surface area (Å²) in [7, 11) is 0. The van der Waals surface area contributed by atoms with Gasteiger partial charge in [0.25, 0.3) is 0 Å². The SMILES string of the molecule is CC(C)COC(=O)N1CCC(n2ccc3cc(Br)ccc32)CC1. The second kappa shape index (κ2) is 6.95. The molecule has 2 heterocycles. The van der Waals surface area contributed by atoms with Crippen molar-refractivity contribution in [1.82, 2.24) is 9.47 Å². The highest BCUT2D eigenvalue weighted by atomic mass is 79.9. The van der Waals surface area contributed by atoms with Crippen molar-refractivity contribution >= 4 is 32.9 Å². The van der Waals surface area contributed by atoms with Crippen LogP contribution in [-0.2, 0) is 4.74 Å². The third kappa shape index (κ3) is 3.71. The molecule has 3 rings (SSSR count). The van der Waals surface area contributed by atoms with E-state index in [-0.39, 0.29) is 6.09 Å². The highest BCUT2D eigenvalue weighted by Gasteiger charge is 2.25. The second-order valence-electron chi connectivity index (χ2n) is 6.62. The molecule has 4 nitrogen and oxygen atoms in total. The second-order valence-corrected chi connectivity index (χ2v) is 7.53. The average Bonchev–Trinajstić information content (AvgIpc) is 2.95. The number of amides is 1. The summed E-state index contributed by atoms with van der Waals surface area (Å²) in [4.78, 5) is 13.9. The van der Waals surface area contributed by atoms with Crippen LogP contribution in [0.3, 0.4) is 0 Å². The lowest BCUT2D eigenvalue weighted by molar-refractivity contribution is 0.0801. The number of piperidine rings is 1. The molecule has 1 amide bonds. The number of nitrogens with zero attached hydrogens (tertiary/aromatic N) is 2. The number of carbonyl (C=O) groups is 1. The van der Waals surface area contributed by atoms with Gasteiger partial charge < -0.3 is 14.2 Å². The number of hydrogen-bond acceptors (Lipinski definition) is 2. The Morgan fingerprint density at radius 3 is 2.74 bits per heavy atom. The largest absolute Gasteiger partial charge is 0.449 e. The Hall–Kier alpha value is -1.49. The van der Waals surface area contributed by atoms with Crippen molar-refractivity contribution in [2.75, 3.05) is 19.7 Å². The van der Waals surface area contributed by atoms with Crippen molar-refractivity contribution in [3.8, 4) is 0 Å². The van der Waals surface area contributed by atoms with Gasteiger partial charge >= 0.3 is 6.09 Å². The Morgan fingerprint density at radius 1 is 1.30 bits per heavy atom. The minimum atomic E-state index is -0.168. The maximum atomic E-state index is 12.0. The van der Waals surface area contributed by atoms with Crippen LogP contribution in [-0.4, -0.2) is 35.3 Å². The van der Waals surface area contributed by atoms with Crippen LogP contribution in [0.25, 0.3) is 10.9 Å². The van der Waals surface area contributed by atoms with Gasteiger partial charge in [-0.15, -0.1) is 0 Å². The zero-order valence-electron chi connectivity index (χ0n) is 13.7. The van der Waals surface area contributed by atoms with Crippen LogP contribution in [0.15, 0.2) is 34.9 Å². The zero-order chi connectivity index (χ0) is 16.4. The number of likely N-dealkylation sites (tertiary alicyclic amines) is 1. The van der Waals surface area contributed by atoms with Crippen LogP contribution < -0.4 is 0 Å². The molecule has 1 aliphatic rings. The summed E-state index contributed by atoms with van der Waals surface area (Å²) >= 11 is 3.52. The summed E-state index contributed by atoms with van der Waals surface area (Å²) in [6, 6.07) is 8.98. The summed E-state index contributed by atoms with van der Waals surface area (Å²) in [5, 5.41) is 1.25. The fourth-order valence-electron chi connectivity index (χ4n) is 3.11. The highest BCUT2D eigenvalue weighted by molar-refractivity contribution is 9.10. The lowest BCUT2D eigenvalue weighted by Crippen LogP contribution is -2.39. The molecule has 0 aliphatic carbocycles. The molecular formula is C18H23BrN2O2. The van der Waals surface area contributed by atoms with Crippen LogP contribution in [0.4, 0.5) is 4.79 Å². The number of halogens is 1. The van der Waals surface area contributed by atoms with Crippen molar-refractivity contribution in [3.63, 3.8) is 0 Å². The molecule has 1 aromatic heterocycles. The van der Waals surface area contributed by atoms with E-state index in [0.717, 1.165) is 30.4 Å². The molecule has 0 N–H and O–H groups in total. The van der Waals surface area contributed by atoms with E-state index < -0.39 is 0 Å². The van der Waals surface area contributed by atoms with Gasteiger partial charge in [-0.2, -0.15) is 0 Å². The van der Waals surface area contributed by atoms with E-state index in [4.69, 9.17) is 4.74 Å². The van der Waals surface area contributed by atoms with E-state index in [1.807, 2.05) is 4.90 Å². The number of benzene rings is 1.